The summed E-state index contributed by atoms with van der Waals surface area (Å²) >= 11 is 0. The number of hydrogen-bond donors (Lipinski definition) is 1. The minimum Gasteiger partial charge on any atom is -0.379 e. The van der Waals surface area contributed by atoms with E-state index < -0.39 is 0 Å². The van der Waals surface area contributed by atoms with Gasteiger partial charge >= 0.3 is 0 Å². The van der Waals surface area contributed by atoms with Crippen molar-refractivity contribution in [3.8, 4) is 0 Å². The quantitative estimate of drug-likeness (QED) is 0.855. The Labute approximate surface area is 158 Å². The van der Waals surface area contributed by atoms with Crippen molar-refractivity contribution in [1.29, 1.82) is 0 Å². The molecule has 0 aliphatic carbocycles. The van der Waals surface area contributed by atoms with E-state index in [0.717, 1.165) is 88.6 Å². The minimum atomic E-state index is -0.238. The molecule has 3 fully saturated rings. The number of rotatable bonds is 4. The SMILES string of the molecule is O=C1N(CCN2CCOCC2)CCC12CCN(c1nccc3[nH]ncc13)C2. The lowest BCUT2D eigenvalue weighted by atomic mass is 9.85. The molecule has 8 nitrogen and oxygen atoms in total. The van der Waals surface area contributed by atoms with Crippen molar-refractivity contribution >= 4 is 22.6 Å². The van der Waals surface area contributed by atoms with Crippen LogP contribution in [0.2, 0.25) is 0 Å². The molecule has 3 saturated heterocycles. The fourth-order valence-corrected chi connectivity index (χ4v) is 4.73. The molecule has 144 valence electrons. The topological polar surface area (TPSA) is 77.6 Å². The highest BCUT2D eigenvalue weighted by Gasteiger charge is 2.51. The number of H-pyrrole nitrogens is 1. The molecule has 1 N–H and O–H groups in total. The number of carbonyl (C=O) groups excluding carboxylic acids is 1. The largest absolute Gasteiger partial charge is 0.379 e. The fourth-order valence-electron chi connectivity index (χ4n) is 4.73. The molecule has 8 heteroatoms. The number of aromatic nitrogens is 3. The standard InChI is InChI=1S/C19H26N6O2/c26-18-19(2-5-24(18)8-7-23-9-11-27-12-10-23)3-6-25(14-19)17-15-13-21-22-16(15)1-4-20-17/h1,4,13H,2-3,5-12,14H2,(H,21,22). The highest BCUT2D eigenvalue weighted by molar-refractivity contribution is 5.91. The van der Waals surface area contributed by atoms with Gasteiger partial charge in [0.15, 0.2) is 0 Å². The van der Waals surface area contributed by atoms with Crippen LogP contribution in [0.1, 0.15) is 12.8 Å². The van der Waals surface area contributed by atoms with E-state index in [4.69, 9.17) is 4.74 Å². The summed E-state index contributed by atoms with van der Waals surface area (Å²) in [6.07, 6.45) is 5.50. The minimum absolute atomic E-state index is 0.238. The first-order valence-electron chi connectivity index (χ1n) is 9.88. The lowest BCUT2D eigenvalue weighted by Crippen LogP contribution is -2.43. The maximum Gasteiger partial charge on any atom is 0.230 e. The van der Waals surface area contributed by atoms with Gasteiger partial charge in [-0.05, 0) is 18.9 Å². The van der Waals surface area contributed by atoms with E-state index in [0.29, 0.717) is 5.91 Å². The smallest absolute Gasteiger partial charge is 0.230 e. The summed E-state index contributed by atoms with van der Waals surface area (Å²) in [5.74, 6) is 1.27. The van der Waals surface area contributed by atoms with E-state index in [9.17, 15) is 4.79 Å². The zero-order valence-corrected chi connectivity index (χ0v) is 15.6. The summed E-state index contributed by atoms with van der Waals surface area (Å²) < 4.78 is 5.41. The second kappa shape index (κ2) is 6.76. The fraction of sp³-hybridized carbons (Fsp3) is 0.632. The third-order valence-corrected chi connectivity index (χ3v) is 6.39. The molecule has 1 atom stereocenters. The van der Waals surface area contributed by atoms with Gasteiger partial charge in [-0.2, -0.15) is 5.10 Å². The first-order chi connectivity index (χ1) is 13.3. The van der Waals surface area contributed by atoms with E-state index in [1.54, 1.807) is 0 Å². The number of nitrogens with one attached hydrogen (secondary N) is 1. The number of morpholine rings is 1. The zero-order valence-electron chi connectivity index (χ0n) is 15.6. The lowest BCUT2D eigenvalue weighted by Gasteiger charge is -2.29. The molecule has 5 rings (SSSR count). The molecule has 0 aromatic carbocycles. The molecule has 0 radical (unpaired) electrons. The summed E-state index contributed by atoms with van der Waals surface area (Å²) in [5.41, 5.74) is 0.754. The molecule has 27 heavy (non-hydrogen) atoms. The van der Waals surface area contributed by atoms with Crippen molar-refractivity contribution in [1.82, 2.24) is 25.0 Å². The number of amides is 1. The Bertz CT molecular complexity index is 832. The van der Waals surface area contributed by atoms with E-state index in [1.165, 1.54) is 0 Å². The number of anilines is 1. The molecule has 1 spiro atoms. The second-order valence-corrected chi connectivity index (χ2v) is 7.91. The van der Waals surface area contributed by atoms with Gasteiger partial charge in [0.1, 0.15) is 5.82 Å². The molecule has 2 aromatic rings. The number of likely N-dealkylation sites (tertiary alicyclic amines) is 1. The molecule has 1 amide bonds. The highest BCUT2D eigenvalue weighted by Crippen LogP contribution is 2.42. The maximum absolute atomic E-state index is 13.2. The van der Waals surface area contributed by atoms with Gasteiger partial charge in [0.05, 0.1) is 35.7 Å². The van der Waals surface area contributed by atoms with Crippen LogP contribution in [0.3, 0.4) is 0 Å². The van der Waals surface area contributed by atoms with Crippen LogP contribution in [-0.2, 0) is 9.53 Å². The maximum atomic E-state index is 13.2. The van der Waals surface area contributed by atoms with Gasteiger partial charge in [0, 0.05) is 52.0 Å². The first kappa shape index (κ1) is 16.9. The van der Waals surface area contributed by atoms with Crippen LogP contribution in [0.5, 0.6) is 0 Å². The molecule has 5 heterocycles. The van der Waals surface area contributed by atoms with E-state index in [1.807, 2.05) is 18.5 Å². The summed E-state index contributed by atoms with van der Waals surface area (Å²) in [5, 5.41) is 8.17. The van der Waals surface area contributed by atoms with E-state index in [2.05, 4.69) is 29.9 Å². The molecular formula is C19H26N6O2. The van der Waals surface area contributed by atoms with Crippen LogP contribution >= 0.6 is 0 Å². The Balaban J connectivity index is 1.26. The second-order valence-electron chi connectivity index (χ2n) is 7.91. The van der Waals surface area contributed by atoms with Crippen molar-refractivity contribution in [2.24, 2.45) is 5.41 Å². The Kier molecular flexibility index (Phi) is 4.24. The van der Waals surface area contributed by atoms with Crippen LogP contribution in [-0.4, -0.2) is 89.9 Å². The lowest BCUT2D eigenvalue weighted by molar-refractivity contribution is -0.135. The number of aromatic amines is 1. The Hall–Kier alpha value is -2.19. The average Bonchev–Trinajstić information content (AvgIpc) is 3.42. The van der Waals surface area contributed by atoms with Crippen molar-refractivity contribution in [3.05, 3.63) is 18.5 Å². The van der Waals surface area contributed by atoms with Gasteiger partial charge in [-0.1, -0.05) is 0 Å². The average molecular weight is 370 g/mol. The van der Waals surface area contributed by atoms with E-state index >= 15 is 0 Å². The molecule has 3 aliphatic rings. The van der Waals surface area contributed by atoms with Gasteiger partial charge in [-0.25, -0.2) is 4.98 Å². The summed E-state index contributed by atoms with van der Waals surface area (Å²) in [7, 11) is 0. The van der Waals surface area contributed by atoms with Crippen molar-refractivity contribution in [3.63, 3.8) is 0 Å². The van der Waals surface area contributed by atoms with Crippen LogP contribution in [0.25, 0.3) is 10.9 Å². The molecule has 3 aliphatic heterocycles. The van der Waals surface area contributed by atoms with Gasteiger partial charge < -0.3 is 14.5 Å². The number of ether oxygens (including phenoxy) is 1. The highest BCUT2D eigenvalue weighted by atomic mass is 16.5. The van der Waals surface area contributed by atoms with Crippen LogP contribution in [0.4, 0.5) is 5.82 Å². The number of hydrogen-bond acceptors (Lipinski definition) is 6. The summed E-state index contributed by atoms with van der Waals surface area (Å²) in [6.45, 7) is 7.85. The number of nitrogens with zero attached hydrogens (tertiary/aromatic N) is 5. The predicted molar refractivity (Wildman–Crippen MR) is 102 cm³/mol. The van der Waals surface area contributed by atoms with Gasteiger partial charge in [-0.3, -0.25) is 14.8 Å². The van der Waals surface area contributed by atoms with Crippen LogP contribution in [0.15, 0.2) is 18.5 Å². The summed E-state index contributed by atoms with van der Waals surface area (Å²) in [6, 6.07) is 1.94. The van der Waals surface area contributed by atoms with Gasteiger partial charge in [0.25, 0.3) is 0 Å². The Morgan fingerprint density at radius 1 is 1.15 bits per heavy atom. The predicted octanol–water partition coefficient (Wildman–Crippen LogP) is 0.719. The van der Waals surface area contributed by atoms with Crippen LogP contribution < -0.4 is 4.90 Å². The van der Waals surface area contributed by atoms with Crippen molar-refractivity contribution in [2.45, 2.75) is 12.8 Å². The molecule has 0 bridgehead atoms. The van der Waals surface area contributed by atoms with Gasteiger partial charge in [-0.15, -0.1) is 0 Å². The monoisotopic (exact) mass is 370 g/mol. The van der Waals surface area contributed by atoms with Crippen molar-refractivity contribution < 1.29 is 9.53 Å². The normalized spacial score (nSPS) is 26.7. The third kappa shape index (κ3) is 2.96. The summed E-state index contributed by atoms with van der Waals surface area (Å²) in [4.78, 5) is 24.5. The van der Waals surface area contributed by atoms with E-state index in [-0.39, 0.29) is 5.41 Å². The first-order valence-corrected chi connectivity index (χ1v) is 9.88. The molecular weight excluding hydrogens is 344 g/mol. The Morgan fingerprint density at radius 2 is 2.00 bits per heavy atom. The third-order valence-electron chi connectivity index (χ3n) is 6.39. The Morgan fingerprint density at radius 3 is 2.89 bits per heavy atom. The number of fused-ring (bicyclic) bond motifs is 1. The number of pyridine rings is 1. The zero-order chi connectivity index (χ0) is 18.3. The number of carbonyl (C=O) groups is 1. The van der Waals surface area contributed by atoms with Gasteiger partial charge in [0.2, 0.25) is 5.91 Å². The molecule has 1 unspecified atom stereocenters. The molecule has 0 saturated carbocycles. The molecule has 2 aromatic heterocycles. The van der Waals surface area contributed by atoms with Crippen LogP contribution in [0, 0.1) is 5.41 Å². The van der Waals surface area contributed by atoms with Crippen molar-refractivity contribution in [2.75, 3.05) is 63.9 Å².